The smallest absolute Gasteiger partial charge is 0.325 e. The van der Waals surface area contributed by atoms with Gasteiger partial charge in [-0.2, -0.15) is 0 Å². The number of hydrogen-bond donors (Lipinski definition) is 2. The van der Waals surface area contributed by atoms with Gasteiger partial charge >= 0.3 is 6.03 Å². The summed E-state index contributed by atoms with van der Waals surface area (Å²) >= 11 is 0. The summed E-state index contributed by atoms with van der Waals surface area (Å²) in [5, 5.41) is 6.18. The van der Waals surface area contributed by atoms with Gasteiger partial charge in [0, 0.05) is 55.5 Å². The van der Waals surface area contributed by atoms with Crippen LogP contribution in [0.1, 0.15) is 35.2 Å². The first kappa shape index (κ1) is 27.1. The first-order valence-electron chi connectivity index (χ1n) is 13.4. The molecule has 1 saturated heterocycles. The molecule has 1 aliphatic rings. The maximum atomic E-state index is 12.9. The Morgan fingerprint density at radius 2 is 1.82 bits per heavy atom. The van der Waals surface area contributed by atoms with Crippen molar-refractivity contribution in [1.29, 1.82) is 0 Å². The average Bonchev–Trinajstić information content (AvgIpc) is 3.63. The lowest BCUT2D eigenvalue weighted by Gasteiger charge is -2.15. The average molecular weight is 546 g/mol. The summed E-state index contributed by atoms with van der Waals surface area (Å²) in [5.74, 6) is 1.23. The van der Waals surface area contributed by atoms with E-state index in [0.717, 1.165) is 25.0 Å². The molecule has 0 bridgehead atoms. The maximum absolute atomic E-state index is 12.9. The highest BCUT2D eigenvalue weighted by Crippen LogP contribution is 2.36. The summed E-state index contributed by atoms with van der Waals surface area (Å²) in [6, 6.07) is 15.8. The zero-order chi connectivity index (χ0) is 27.9. The molecule has 0 atom stereocenters. The van der Waals surface area contributed by atoms with Crippen LogP contribution in [0.15, 0.2) is 67.0 Å². The molecule has 2 amide bonds. The number of carbonyl (C=O) groups is 2. The van der Waals surface area contributed by atoms with Gasteiger partial charge in [-0.25, -0.2) is 9.78 Å². The van der Waals surface area contributed by atoms with Gasteiger partial charge in [-0.3, -0.25) is 18.7 Å². The predicted octanol–water partition coefficient (Wildman–Crippen LogP) is 5.60. The third kappa shape index (κ3) is 6.40. The van der Waals surface area contributed by atoms with Crippen LogP contribution in [-0.2, 0) is 6.54 Å². The Balaban J connectivity index is 1.31. The van der Waals surface area contributed by atoms with Crippen molar-refractivity contribution in [1.82, 2.24) is 19.8 Å². The lowest BCUT2D eigenvalue weighted by Crippen LogP contribution is -2.23. The molecule has 0 spiro atoms. The standard InChI is InChI=1S/C30H32FN5O4/c1-32-30(38)36-15-10-23-17-27(26(19-25(23)36)39-16-4-11-31)40-24-9-12-33-28(18-24)34-29(37)22-7-5-21(6-8-22)20-35-13-2-3-14-35/h5-10,12,15,17-19H,2-4,11,13-14,16,20H2,1H3,(H,32,38)(H,33,34,37). The number of halogens is 1. The monoisotopic (exact) mass is 545 g/mol. The van der Waals surface area contributed by atoms with Crippen LogP contribution in [0.4, 0.5) is 15.0 Å². The van der Waals surface area contributed by atoms with Crippen LogP contribution >= 0.6 is 0 Å². The van der Waals surface area contributed by atoms with E-state index in [-0.39, 0.29) is 25.0 Å². The second-order valence-electron chi connectivity index (χ2n) is 9.60. The van der Waals surface area contributed by atoms with Crippen molar-refractivity contribution in [3.05, 3.63) is 78.1 Å². The van der Waals surface area contributed by atoms with E-state index in [1.54, 1.807) is 43.6 Å². The summed E-state index contributed by atoms with van der Waals surface area (Å²) in [6.45, 7) is 2.77. The Bertz CT molecular complexity index is 1480. The van der Waals surface area contributed by atoms with Gasteiger partial charge in [0.2, 0.25) is 0 Å². The number of nitrogens with one attached hydrogen (secondary N) is 2. The van der Waals surface area contributed by atoms with Crippen LogP contribution in [0, 0.1) is 0 Å². The lowest BCUT2D eigenvalue weighted by molar-refractivity contribution is 0.102. The number of anilines is 1. The number of benzene rings is 2. The number of likely N-dealkylation sites (tertiary alicyclic amines) is 1. The zero-order valence-corrected chi connectivity index (χ0v) is 22.4. The van der Waals surface area contributed by atoms with Crippen LogP contribution in [-0.4, -0.2) is 59.8 Å². The van der Waals surface area contributed by atoms with Crippen molar-refractivity contribution in [2.75, 3.05) is 38.7 Å². The summed E-state index contributed by atoms with van der Waals surface area (Å²) in [5.41, 5.74) is 2.34. The van der Waals surface area contributed by atoms with E-state index < -0.39 is 6.67 Å². The van der Waals surface area contributed by atoms with E-state index in [1.807, 2.05) is 24.3 Å². The number of alkyl halides is 1. The Kier molecular flexibility index (Phi) is 8.56. The lowest BCUT2D eigenvalue weighted by atomic mass is 10.1. The van der Waals surface area contributed by atoms with E-state index in [4.69, 9.17) is 9.47 Å². The zero-order valence-electron chi connectivity index (χ0n) is 22.4. The van der Waals surface area contributed by atoms with Gasteiger partial charge in [-0.05, 0) is 61.8 Å². The Morgan fingerprint density at radius 3 is 2.58 bits per heavy atom. The maximum Gasteiger partial charge on any atom is 0.325 e. The fourth-order valence-corrected chi connectivity index (χ4v) is 4.69. The minimum Gasteiger partial charge on any atom is -0.489 e. The molecule has 40 heavy (non-hydrogen) atoms. The van der Waals surface area contributed by atoms with Crippen LogP contribution in [0.5, 0.6) is 17.2 Å². The van der Waals surface area contributed by atoms with E-state index >= 15 is 0 Å². The molecule has 9 nitrogen and oxygen atoms in total. The third-order valence-electron chi connectivity index (χ3n) is 6.75. The number of ether oxygens (including phenoxy) is 2. The molecule has 5 rings (SSSR count). The fraction of sp³-hybridized carbons (Fsp3) is 0.300. The van der Waals surface area contributed by atoms with Gasteiger partial charge in [0.15, 0.2) is 11.5 Å². The van der Waals surface area contributed by atoms with Gasteiger partial charge in [0.25, 0.3) is 5.91 Å². The number of fused-ring (bicyclic) bond motifs is 1. The van der Waals surface area contributed by atoms with Gasteiger partial charge < -0.3 is 20.1 Å². The molecule has 1 fully saturated rings. The molecule has 0 saturated carbocycles. The predicted molar refractivity (Wildman–Crippen MR) is 151 cm³/mol. The van der Waals surface area contributed by atoms with Crippen LogP contribution in [0.2, 0.25) is 0 Å². The van der Waals surface area contributed by atoms with Crippen LogP contribution in [0.3, 0.4) is 0 Å². The number of aromatic nitrogens is 2. The number of carbonyl (C=O) groups excluding carboxylic acids is 2. The highest BCUT2D eigenvalue weighted by Gasteiger charge is 2.16. The molecular weight excluding hydrogens is 513 g/mol. The fourth-order valence-electron chi connectivity index (χ4n) is 4.69. The molecule has 2 aromatic heterocycles. The van der Waals surface area contributed by atoms with Crippen LogP contribution in [0.25, 0.3) is 10.9 Å². The van der Waals surface area contributed by atoms with E-state index in [1.165, 1.54) is 29.2 Å². The second kappa shape index (κ2) is 12.6. The molecule has 10 heteroatoms. The molecule has 2 aromatic carbocycles. The normalized spacial score (nSPS) is 13.3. The Hall–Kier alpha value is -4.44. The first-order valence-corrected chi connectivity index (χ1v) is 13.4. The highest BCUT2D eigenvalue weighted by molar-refractivity contribution is 6.03. The summed E-state index contributed by atoms with van der Waals surface area (Å²) in [4.78, 5) is 31.8. The number of rotatable bonds is 10. The van der Waals surface area contributed by atoms with Crippen molar-refractivity contribution < 1.29 is 23.5 Å². The van der Waals surface area contributed by atoms with Gasteiger partial charge in [0.05, 0.1) is 18.8 Å². The summed E-state index contributed by atoms with van der Waals surface area (Å²) in [7, 11) is 1.55. The van der Waals surface area contributed by atoms with Crippen LogP contribution < -0.4 is 20.1 Å². The summed E-state index contributed by atoms with van der Waals surface area (Å²) < 4.78 is 26.1. The van der Waals surface area contributed by atoms with Crippen molar-refractivity contribution in [2.45, 2.75) is 25.8 Å². The molecule has 0 radical (unpaired) electrons. The number of nitrogens with zero attached hydrogens (tertiary/aromatic N) is 3. The van der Waals surface area contributed by atoms with Crippen molar-refractivity contribution in [3.8, 4) is 17.2 Å². The minimum absolute atomic E-state index is 0.146. The topological polar surface area (TPSA) is 97.7 Å². The Morgan fingerprint density at radius 1 is 1.02 bits per heavy atom. The number of amides is 2. The third-order valence-corrected chi connectivity index (χ3v) is 6.75. The first-order chi connectivity index (χ1) is 19.5. The molecular formula is C30H32FN5O4. The highest BCUT2D eigenvalue weighted by atomic mass is 19.1. The molecule has 2 N–H and O–H groups in total. The molecule has 1 aliphatic heterocycles. The van der Waals surface area contributed by atoms with E-state index in [2.05, 4.69) is 20.5 Å². The Labute approximate surface area is 231 Å². The van der Waals surface area contributed by atoms with Crippen molar-refractivity contribution in [3.63, 3.8) is 0 Å². The molecule has 4 aromatic rings. The van der Waals surface area contributed by atoms with Gasteiger partial charge in [-0.15, -0.1) is 0 Å². The summed E-state index contributed by atoms with van der Waals surface area (Å²) in [6.07, 6.45) is 5.89. The van der Waals surface area contributed by atoms with Crippen molar-refractivity contribution in [2.24, 2.45) is 0 Å². The van der Waals surface area contributed by atoms with Gasteiger partial charge in [-0.1, -0.05) is 12.1 Å². The molecule has 208 valence electrons. The number of pyridine rings is 1. The number of hydrogen-bond acceptors (Lipinski definition) is 6. The quantitative estimate of drug-likeness (QED) is 0.252. The largest absolute Gasteiger partial charge is 0.489 e. The van der Waals surface area contributed by atoms with Crippen molar-refractivity contribution >= 4 is 28.7 Å². The molecule has 0 aliphatic carbocycles. The second-order valence-corrected chi connectivity index (χ2v) is 9.60. The minimum atomic E-state index is -0.512. The van der Waals surface area contributed by atoms with Gasteiger partial charge in [0.1, 0.15) is 11.6 Å². The SMILES string of the molecule is CNC(=O)n1ccc2cc(Oc3ccnc(NC(=O)c4ccc(CN5CCCC5)cc4)c3)c(OCCCF)cc21. The molecule has 0 unspecified atom stereocenters. The van der Waals surface area contributed by atoms with E-state index in [9.17, 15) is 14.0 Å². The molecule has 3 heterocycles. The van der Waals surface area contributed by atoms with E-state index in [0.29, 0.717) is 34.1 Å².